The number of aromatic nitrogens is 4. The molecule has 4 aliphatic rings. The van der Waals surface area contributed by atoms with Crippen LogP contribution in [0.4, 0.5) is 0 Å². The Bertz CT molecular complexity index is 926. The number of hydrogen-bond acceptors (Lipinski definition) is 3. The predicted octanol–water partition coefficient (Wildman–Crippen LogP) is 4.69. The first kappa shape index (κ1) is 20.3. The number of nitrogens with zero attached hydrogens (tertiary/aromatic N) is 4. The Kier molecular flexibility index (Phi) is 5.07. The molecule has 2 aromatic rings. The van der Waals surface area contributed by atoms with Gasteiger partial charge in [-0.05, 0) is 104 Å². The van der Waals surface area contributed by atoms with E-state index >= 15 is 0 Å². The summed E-state index contributed by atoms with van der Waals surface area (Å²) in [6.45, 7) is 6.73. The quantitative estimate of drug-likeness (QED) is 0.661. The van der Waals surface area contributed by atoms with Gasteiger partial charge in [0.05, 0.1) is 15.9 Å². The van der Waals surface area contributed by atoms with Crippen LogP contribution in [0.25, 0.3) is 0 Å². The van der Waals surface area contributed by atoms with Gasteiger partial charge in [0.2, 0.25) is 0 Å². The largest absolute Gasteiger partial charge is 0.347 e. The fourth-order valence-electron chi connectivity index (χ4n) is 7.04. The first-order valence-electron chi connectivity index (χ1n) is 11.4. The fraction of sp³-hybridized carbons (Fsp3) is 0.696. The van der Waals surface area contributed by atoms with E-state index in [-0.39, 0.29) is 11.9 Å². The van der Waals surface area contributed by atoms with Crippen LogP contribution in [-0.4, -0.2) is 31.5 Å². The summed E-state index contributed by atoms with van der Waals surface area (Å²) in [6.07, 6.45) is 11.1. The molecule has 1 amide bonds. The molecular weight excluding hydrogens is 442 g/mol. The highest BCUT2D eigenvalue weighted by atomic mass is 79.9. The van der Waals surface area contributed by atoms with E-state index in [0.29, 0.717) is 17.8 Å². The number of carbonyl (C=O) groups is 1. The molecule has 1 atom stereocenters. The van der Waals surface area contributed by atoms with E-state index in [1.165, 1.54) is 38.5 Å². The van der Waals surface area contributed by atoms with Gasteiger partial charge < -0.3 is 5.32 Å². The molecule has 0 spiro atoms. The van der Waals surface area contributed by atoms with Crippen molar-refractivity contribution in [3.05, 3.63) is 33.8 Å². The molecule has 2 heterocycles. The van der Waals surface area contributed by atoms with Gasteiger partial charge in [-0.25, -0.2) is 4.68 Å². The van der Waals surface area contributed by atoms with Crippen LogP contribution < -0.4 is 5.32 Å². The molecule has 1 unspecified atom stereocenters. The summed E-state index contributed by atoms with van der Waals surface area (Å²) in [4.78, 5) is 13.1. The minimum absolute atomic E-state index is 0.0362. The van der Waals surface area contributed by atoms with Crippen molar-refractivity contribution in [2.75, 3.05) is 0 Å². The van der Waals surface area contributed by atoms with Gasteiger partial charge in [0.1, 0.15) is 12.4 Å². The van der Waals surface area contributed by atoms with Crippen LogP contribution in [0, 0.1) is 37.0 Å². The average molecular weight is 474 g/mol. The molecule has 4 bridgehead atoms. The summed E-state index contributed by atoms with van der Waals surface area (Å²) in [5, 5.41) is 12.5. The Labute approximate surface area is 186 Å². The van der Waals surface area contributed by atoms with Crippen LogP contribution >= 0.6 is 15.9 Å². The lowest BCUT2D eigenvalue weighted by Crippen LogP contribution is -2.56. The molecule has 2 aromatic heterocycles. The first-order chi connectivity index (χ1) is 14.4. The van der Waals surface area contributed by atoms with Crippen molar-refractivity contribution in [1.29, 1.82) is 0 Å². The Morgan fingerprint density at radius 3 is 2.37 bits per heavy atom. The lowest BCUT2D eigenvalue weighted by Gasteiger charge is -2.59. The summed E-state index contributed by atoms with van der Waals surface area (Å²) < 4.78 is 4.71. The van der Waals surface area contributed by atoms with Crippen LogP contribution in [0.5, 0.6) is 0 Å². The third-order valence-electron chi connectivity index (χ3n) is 7.98. The van der Waals surface area contributed by atoms with Crippen LogP contribution in [0.1, 0.15) is 73.7 Å². The van der Waals surface area contributed by atoms with Gasteiger partial charge in [-0.1, -0.05) is 6.92 Å². The van der Waals surface area contributed by atoms with E-state index < -0.39 is 0 Å². The molecule has 6 rings (SSSR count). The molecule has 6 nitrogen and oxygen atoms in total. The minimum atomic E-state index is -0.0362. The van der Waals surface area contributed by atoms with Crippen LogP contribution in [-0.2, 0) is 6.67 Å². The molecule has 30 heavy (non-hydrogen) atoms. The molecule has 0 aromatic carbocycles. The Hall–Kier alpha value is -1.63. The molecule has 0 aliphatic heterocycles. The molecular formula is C23H32BrN5O. The molecule has 4 aliphatic carbocycles. The van der Waals surface area contributed by atoms with Gasteiger partial charge in [-0.15, -0.1) is 0 Å². The lowest BCUT2D eigenvalue weighted by molar-refractivity contribution is -0.0727. The first-order valence-corrected chi connectivity index (χ1v) is 12.2. The van der Waals surface area contributed by atoms with Crippen molar-refractivity contribution >= 4 is 21.8 Å². The second-order valence-electron chi connectivity index (χ2n) is 10.1. The Morgan fingerprint density at radius 1 is 1.20 bits per heavy atom. The van der Waals surface area contributed by atoms with E-state index in [0.717, 1.165) is 40.0 Å². The summed E-state index contributed by atoms with van der Waals surface area (Å²) in [5.74, 6) is 2.63. The van der Waals surface area contributed by atoms with Crippen molar-refractivity contribution in [2.24, 2.45) is 23.2 Å². The molecule has 0 saturated heterocycles. The second-order valence-corrected chi connectivity index (χ2v) is 10.9. The van der Waals surface area contributed by atoms with Gasteiger partial charge in [0.25, 0.3) is 5.91 Å². The van der Waals surface area contributed by atoms with Crippen LogP contribution in [0.15, 0.2) is 16.7 Å². The highest BCUT2D eigenvalue weighted by Gasteiger charge is 2.54. The number of carbonyl (C=O) groups excluding carboxylic acids is 1. The minimum Gasteiger partial charge on any atom is -0.347 e. The molecule has 4 fully saturated rings. The van der Waals surface area contributed by atoms with Crippen molar-refractivity contribution < 1.29 is 4.79 Å². The zero-order valence-corrected chi connectivity index (χ0v) is 19.8. The maximum absolute atomic E-state index is 13.1. The maximum atomic E-state index is 13.1. The normalized spacial score (nSPS) is 30.6. The Morgan fingerprint density at radius 2 is 1.83 bits per heavy atom. The van der Waals surface area contributed by atoms with Crippen molar-refractivity contribution in [3.63, 3.8) is 0 Å². The number of rotatable bonds is 6. The highest BCUT2D eigenvalue weighted by molar-refractivity contribution is 9.10. The summed E-state index contributed by atoms with van der Waals surface area (Å²) >= 11 is 3.57. The van der Waals surface area contributed by atoms with Crippen LogP contribution in [0.3, 0.4) is 0 Å². The topological polar surface area (TPSA) is 64.7 Å². The fourth-order valence-corrected chi connectivity index (χ4v) is 7.32. The maximum Gasteiger partial charge on any atom is 0.272 e. The summed E-state index contributed by atoms with van der Waals surface area (Å²) in [6, 6.07) is 2.08. The molecule has 0 radical (unpaired) electrons. The lowest BCUT2D eigenvalue weighted by atomic mass is 9.47. The van der Waals surface area contributed by atoms with E-state index in [4.69, 9.17) is 0 Å². The molecule has 7 heteroatoms. The van der Waals surface area contributed by atoms with Crippen molar-refractivity contribution in [3.8, 4) is 0 Å². The van der Waals surface area contributed by atoms with Gasteiger partial charge in [0, 0.05) is 12.2 Å². The summed E-state index contributed by atoms with van der Waals surface area (Å²) in [5.41, 5.74) is 2.83. The van der Waals surface area contributed by atoms with Crippen LogP contribution in [0.2, 0.25) is 0 Å². The Balaban J connectivity index is 1.29. The standard InChI is InChI=1S/C23H32BrN5O/c1-4-20(23-10-16-7-17(11-23)9-18(8-16)12-23)25-22(30)19-5-6-28(27-19)13-29-15(3)21(24)14(2)26-29/h5-6,16-18,20H,4,7-13H2,1-3H3,(H,25,30). The number of halogens is 1. The molecule has 4 saturated carbocycles. The number of nitrogens with one attached hydrogen (secondary N) is 1. The van der Waals surface area contributed by atoms with Gasteiger partial charge in [0.15, 0.2) is 0 Å². The highest BCUT2D eigenvalue weighted by Crippen LogP contribution is 2.61. The number of aryl methyl sites for hydroxylation is 1. The molecule has 162 valence electrons. The SMILES string of the molecule is CCC(NC(=O)c1ccn(Cn2nc(C)c(Br)c2C)n1)C12CC3CC(CC(C3)C1)C2. The van der Waals surface area contributed by atoms with Crippen molar-refractivity contribution in [2.45, 2.75) is 78.4 Å². The van der Waals surface area contributed by atoms with Gasteiger partial charge in [-0.2, -0.15) is 10.2 Å². The van der Waals surface area contributed by atoms with E-state index in [1.54, 1.807) is 4.68 Å². The average Bonchev–Trinajstić information content (AvgIpc) is 3.26. The third-order valence-corrected chi connectivity index (χ3v) is 9.13. The van der Waals surface area contributed by atoms with E-state index in [1.807, 2.05) is 30.8 Å². The van der Waals surface area contributed by atoms with E-state index in [9.17, 15) is 4.79 Å². The zero-order chi connectivity index (χ0) is 21.0. The number of amides is 1. The second kappa shape index (κ2) is 7.50. The summed E-state index contributed by atoms with van der Waals surface area (Å²) in [7, 11) is 0. The van der Waals surface area contributed by atoms with Gasteiger partial charge in [-0.3, -0.25) is 9.48 Å². The van der Waals surface area contributed by atoms with Crippen molar-refractivity contribution in [1.82, 2.24) is 24.9 Å². The third kappa shape index (κ3) is 3.43. The number of hydrogen-bond donors (Lipinski definition) is 1. The van der Waals surface area contributed by atoms with Gasteiger partial charge >= 0.3 is 0 Å². The smallest absolute Gasteiger partial charge is 0.272 e. The predicted molar refractivity (Wildman–Crippen MR) is 119 cm³/mol. The molecule has 1 N–H and O–H groups in total. The van der Waals surface area contributed by atoms with E-state index in [2.05, 4.69) is 38.4 Å². The zero-order valence-electron chi connectivity index (χ0n) is 18.2. The monoisotopic (exact) mass is 473 g/mol.